The van der Waals surface area contributed by atoms with Crippen LogP contribution >= 0.6 is 11.3 Å². The maximum atomic E-state index is 5.58. The number of ether oxygens (including phenoxy) is 1. The molecule has 160 valence electrons. The molecule has 2 atom stereocenters. The standard InChI is InChI=1S/C22H25N7OS/c1-14-11-27(13-23-14)19-8-7-17(24-20(19)30-2)18-12-31-22(25-18)28-9-4-10-29-21(28)15-5-3-6-16(15)26-29/h7-8,11-13,15,21H,3-6,9-10H2,1-2H3. The number of nitrogens with zero attached hydrogens (tertiary/aromatic N) is 7. The number of aromatic nitrogens is 4. The summed E-state index contributed by atoms with van der Waals surface area (Å²) in [4.78, 5) is 16.5. The molecule has 0 aromatic carbocycles. The van der Waals surface area contributed by atoms with Gasteiger partial charge in [0, 0.05) is 36.3 Å². The lowest BCUT2D eigenvalue weighted by atomic mass is 10.0. The molecule has 2 unspecified atom stereocenters. The molecule has 1 saturated heterocycles. The van der Waals surface area contributed by atoms with Crippen LogP contribution in [-0.2, 0) is 0 Å². The average molecular weight is 436 g/mol. The summed E-state index contributed by atoms with van der Waals surface area (Å²) in [6.45, 7) is 4.05. The molecule has 31 heavy (non-hydrogen) atoms. The van der Waals surface area contributed by atoms with Crippen molar-refractivity contribution in [1.82, 2.24) is 24.5 Å². The zero-order valence-electron chi connectivity index (χ0n) is 17.7. The summed E-state index contributed by atoms with van der Waals surface area (Å²) in [6.07, 6.45) is 8.84. The molecular weight excluding hydrogens is 410 g/mol. The van der Waals surface area contributed by atoms with Crippen molar-refractivity contribution in [3.05, 3.63) is 35.7 Å². The number of fused-ring (bicyclic) bond motifs is 3. The van der Waals surface area contributed by atoms with Gasteiger partial charge in [0.15, 0.2) is 5.13 Å². The molecule has 1 aliphatic carbocycles. The van der Waals surface area contributed by atoms with E-state index < -0.39 is 0 Å². The van der Waals surface area contributed by atoms with Crippen LogP contribution in [0.25, 0.3) is 17.1 Å². The van der Waals surface area contributed by atoms with Crippen molar-refractivity contribution in [3.63, 3.8) is 0 Å². The Morgan fingerprint density at radius 2 is 2.06 bits per heavy atom. The number of hydrazone groups is 1. The second kappa shape index (κ2) is 7.33. The highest BCUT2D eigenvalue weighted by Crippen LogP contribution is 2.41. The van der Waals surface area contributed by atoms with Gasteiger partial charge in [-0.25, -0.2) is 15.0 Å². The Labute approximate surface area is 185 Å². The van der Waals surface area contributed by atoms with Gasteiger partial charge in [0.2, 0.25) is 5.88 Å². The summed E-state index contributed by atoms with van der Waals surface area (Å²) in [5.41, 5.74) is 4.91. The van der Waals surface area contributed by atoms with Gasteiger partial charge in [0.05, 0.1) is 24.8 Å². The lowest BCUT2D eigenvalue weighted by Crippen LogP contribution is -2.53. The molecule has 3 aliphatic rings. The molecule has 0 amide bonds. The van der Waals surface area contributed by atoms with Crippen molar-refractivity contribution < 1.29 is 4.74 Å². The Morgan fingerprint density at radius 3 is 2.90 bits per heavy atom. The number of thiazole rings is 1. The zero-order chi connectivity index (χ0) is 20.9. The van der Waals surface area contributed by atoms with Crippen LogP contribution in [0.1, 0.15) is 31.4 Å². The van der Waals surface area contributed by atoms with Gasteiger partial charge in [0.25, 0.3) is 0 Å². The van der Waals surface area contributed by atoms with Crippen LogP contribution in [0.15, 0.2) is 35.1 Å². The molecule has 0 radical (unpaired) electrons. The molecule has 3 aromatic rings. The summed E-state index contributed by atoms with van der Waals surface area (Å²) < 4.78 is 7.51. The predicted molar refractivity (Wildman–Crippen MR) is 121 cm³/mol. The molecule has 2 aliphatic heterocycles. The number of rotatable bonds is 4. The van der Waals surface area contributed by atoms with Crippen LogP contribution in [0.2, 0.25) is 0 Å². The van der Waals surface area contributed by atoms with Gasteiger partial charge in [-0.3, -0.25) is 5.01 Å². The van der Waals surface area contributed by atoms with E-state index in [9.17, 15) is 0 Å². The molecule has 0 bridgehead atoms. The van der Waals surface area contributed by atoms with Crippen molar-refractivity contribution in [2.45, 2.75) is 38.8 Å². The smallest absolute Gasteiger partial charge is 0.238 e. The lowest BCUT2D eigenvalue weighted by Gasteiger charge is -2.41. The predicted octanol–water partition coefficient (Wildman–Crippen LogP) is 3.72. The summed E-state index contributed by atoms with van der Waals surface area (Å²) in [5.74, 6) is 1.12. The van der Waals surface area contributed by atoms with E-state index >= 15 is 0 Å². The van der Waals surface area contributed by atoms with Crippen LogP contribution in [0.5, 0.6) is 5.88 Å². The van der Waals surface area contributed by atoms with E-state index in [0.717, 1.165) is 53.8 Å². The van der Waals surface area contributed by atoms with Crippen LogP contribution in [0.4, 0.5) is 5.13 Å². The molecule has 0 N–H and O–H groups in total. The van der Waals surface area contributed by atoms with Crippen LogP contribution in [0.3, 0.4) is 0 Å². The zero-order valence-corrected chi connectivity index (χ0v) is 18.5. The van der Waals surface area contributed by atoms with Crippen molar-refractivity contribution in [2.75, 3.05) is 25.1 Å². The Hall–Kier alpha value is -2.94. The average Bonchev–Trinajstić information content (AvgIpc) is 3.56. The van der Waals surface area contributed by atoms with Crippen LogP contribution in [0, 0.1) is 12.8 Å². The molecule has 5 heterocycles. The van der Waals surface area contributed by atoms with E-state index in [1.807, 2.05) is 29.8 Å². The number of hydrogen-bond acceptors (Lipinski definition) is 8. The minimum atomic E-state index is 0.333. The van der Waals surface area contributed by atoms with Gasteiger partial charge in [-0.1, -0.05) is 0 Å². The number of hydrogen-bond donors (Lipinski definition) is 0. The number of anilines is 1. The van der Waals surface area contributed by atoms with E-state index in [1.165, 1.54) is 18.6 Å². The van der Waals surface area contributed by atoms with Gasteiger partial charge >= 0.3 is 0 Å². The fourth-order valence-electron chi connectivity index (χ4n) is 5.03. The summed E-state index contributed by atoms with van der Waals surface area (Å²) in [5, 5.41) is 10.4. The molecule has 0 spiro atoms. The second-order valence-electron chi connectivity index (χ2n) is 8.38. The maximum absolute atomic E-state index is 5.58. The number of aryl methyl sites for hydroxylation is 1. The maximum Gasteiger partial charge on any atom is 0.238 e. The summed E-state index contributed by atoms with van der Waals surface area (Å²) in [6, 6.07) is 4.02. The first-order valence-corrected chi connectivity index (χ1v) is 11.7. The summed E-state index contributed by atoms with van der Waals surface area (Å²) in [7, 11) is 1.65. The van der Waals surface area contributed by atoms with Crippen LogP contribution < -0.4 is 9.64 Å². The van der Waals surface area contributed by atoms with Gasteiger partial charge in [-0.15, -0.1) is 11.3 Å². The third-order valence-corrected chi connectivity index (χ3v) is 7.31. The Morgan fingerprint density at radius 1 is 1.13 bits per heavy atom. The van der Waals surface area contributed by atoms with E-state index in [2.05, 4.69) is 20.3 Å². The normalized spacial score (nSPS) is 22.5. The fraction of sp³-hybridized carbons (Fsp3) is 0.455. The minimum absolute atomic E-state index is 0.333. The topological polar surface area (TPSA) is 71.7 Å². The molecule has 1 saturated carbocycles. The lowest BCUT2D eigenvalue weighted by molar-refractivity contribution is 0.160. The monoisotopic (exact) mass is 435 g/mol. The Balaban J connectivity index is 1.30. The van der Waals surface area contributed by atoms with Gasteiger partial charge < -0.3 is 14.2 Å². The number of pyridine rings is 1. The number of imidazole rings is 1. The third kappa shape index (κ3) is 3.10. The SMILES string of the molecule is COc1nc(-c2csc(N3CCCN4N=C5CCCC5C43)n2)ccc1-n1cnc(C)c1. The molecule has 9 heteroatoms. The van der Waals surface area contributed by atoms with E-state index in [-0.39, 0.29) is 0 Å². The first-order chi connectivity index (χ1) is 15.2. The quantitative estimate of drug-likeness (QED) is 0.622. The summed E-state index contributed by atoms with van der Waals surface area (Å²) >= 11 is 1.69. The highest BCUT2D eigenvalue weighted by atomic mass is 32.1. The van der Waals surface area contributed by atoms with Crippen molar-refractivity contribution in [1.29, 1.82) is 0 Å². The van der Waals surface area contributed by atoms with E-state index in [4.69, 9.17) is 19.8 Å². The van der Waals surface area contributed by atoms with Crippen molar-refractivity contribution in [2.24, 2.45) is 11.0 Å². The molecule has 8 nitrogen and oxygen atoms in total. The molecule has 2 fully saturated rings. The highest BCUT2D eigenvalue weighted by Gasteiger charge is 2.45. The largest absolute Gasteiger partial charge is 0.479 e. The van der Waals surface area contributed by atoms with E-state index in [1.54, 1.807) is 24.8 Å². The third-order valence-electron chi connectivity index (χ3n) is 6.43. The van der Waals surface area contributed by atoms with Crippen LogP contribution in [-0.4, -0.2) is 56.6 Å². The van der Waals surface area contributed by atoms with E-state index in [0.29, 0.717) is 18.0 Å². The van der Waals surface area contributed by atoms with Crippen molar-refractivity contribution in [3.8, 4) is 23.0 Å². The Bertz CT molecular complexity index is 1150. The first kappa shape index (κ1) is 18.8. The van der Waals surface area contributed by atoms with Crippen molar-refractivity contribution >= 4 is 22.2 Å². The highest BCUT2D eigenvalue weighted by molar-refractivity contribution is 7.14. The Kier molecular flexibility index (Phi) is 4.45. The number of methoxy groups -OCH3 is 1. The molecular formula is C22H25N7OS. The molecule has 6 rings (SSSR count). The molecule has 3 aromatic heterocycles. The minimum Gasteiger partial charge on any atom is -0.479 e. The fourth-order valence-corrected chi connectivity index (χ4v) is 5.90. The first-order valence-electron chi connectivity index (χ1n) is 10.8. The van der Waals surface area contributed by atoms with Gasteiger partial charge in [0.1, 0.15) is 17.5 Å². The second-order valence-corrected chi connectivity index (χ2v) is 9.21. The van der Waals surface area contributed by atoms with Gasteiger partial charge in [-0.05, 0) is 44.7 Å². The van der Waals surface area contributed by atoms with Gasteiger partial charge in [-0.2, -0.15) is 5.10 Å².